The van der Waals surface area contributed by atoms with Crippen molar-refractivity contribution in [3.8, 4) is 0 Å². The summed E-state index contributed by atoms with van der Waals surface area (Å²) in [6.45, 7) is 6.46. The summed E-state index contributed by atoms with van der Waals surface area (Å²) in [6.07, 6.45) is 1.07. The first-order valence-corrected chi connectivity index (χ1v) is 8.29. The van der Waals surface area contributed by atoms with Crippen molar-refractivity contribution in [1.82, 2.24) is 4.72 Å². The lowest BCUT2D eigenvalue weighted by Gasteiger charge is -2.09. The molecule has 0 saturated carbocycles. The van der Waals surface area contributed by atoms with Crippen molar-refractivity contribution >= 4 is 15.7 Å². The van der Waals surface area contributed by atoms with Crippen LogP contribution >= 0.6 is 0 Å². The number of hydrogen-bond acceptors (Lipinski definition) is 4. The zero-order valence-electron chi connectivity index (χ0n) is 12.3. The van der Waals surface area contributed by atoms with E-state index in [2.05, 4.69) is 23.9 Å². The van der Waals surface area contributed by atoms with E-state index in [0.717, 1.165) is 18.7 Å². The Balaban J connectivity index is 2.32. The second kappa shape index (κ2) is 8.24. The van der Waals surface area contributed by atoms with Gasteiger partial charge in [-0.3, -0.25) is 0 Å². The highest BCUT2D eigenvalue weighted by Crippen LogP contribution is 2.13. The summed E-state index contributed by atoms with van der Waals surface area (Å²) in [5.41, 5.74) is 0.882. The summed E-state index contributed by atoms with van der Waals surface area (Å²) in [7, 11) is -1.96. The normalized spacial score (nSPS) is 11.8. The molecule has 0 amide bonds. The predicted octanol–water partition coefficient (Wildman–Crippen LogP) is 2.07. The molecule has 114 valence electrons. The summed E-state index contributed by atoms with van der Waals surface area (Å²) in [4.78, 5) is 0.263. The van der Waals surface area contributed by atoms with Gasteiger partial charge in [0.05, 0.1) is 11.5 Å². The molecule has 0 atom stereocenters. The minimum absolute atomic E-state index is 0.263. The highest BCUT2D eigenvalue weighted by molar-refractivity contribution is 7.89. The fourth-order valence-corrected chi connectivity index (χ4v) is 2.29. The van der Waals surface area contributed by atoms with Crippen LogP contribution in [0, 0.1) is 5.92 Å². The maximum Gasteiger partial charge on any atom is 0.240 e. The smallest absolute Gasteiger partial charge is 0.240 e. The van der Waals surface area contributed by atoms with Crippen LogP contribution in [0.15, 0.2) is 29.2 Å². The van der Waals surface area contributed by atoms with Crippen molar-refractivity contribution in [1.29, 1.82) is 0 Å². The molecule has 0 aliphatic heterocycles. The first-order valence-electron chi connectivity index (χ1n) is 6.81. The van der Waals surface area contributed by atoms with Gasteiger partial charge in [-0.25, -0.2) is 13.1 Å². The van der Waals surface area contributed by atoms with E-state index in [4.69, 9.17) is 4.74 Å². The van der Waals surface area contributed by atoms with E-state index in [9.17, 15) is 8.42 Å². The zero-order valence-corrected chi connectivity index (χ0v) is 13.2. The zero-order chi connectivity index (χ0) is 15.0. The molecule has 5 nitrogen and oxygen atoms in total. The van der Waals surface area contributed by atoms with Gasteiger partial charge in [0.15, 0.2) is 0 Å². The lowest BCUT2D eigenvalue weighted by atomic mass is 10.1. The van der Waals surface area contributed by atoms with Crippen molar-refractivity contribution in [2.75, 3.05) is 32.1 Å². The molecule has 0 aromatic heterocycles. The van der Waals surface area contributed by atoms with Gasteiger partial charge in [0.25, 0.3) is 0 Å². The quantitative estimate of drug-likeness (QED) is 0.685. The molecule has 0 heterocycles. The lowest BCUT2D eigenvalue weighted by Crippen LogP contribution is -2.18. The van der Waals surface area contributed by atoms with Gasteiger partial charge < -0.3 is 10.1 Å². The SMILES string of the molecule is CNS(=O)(=O)c1ccc(NCCOCCC(C)C)cc1. The standard InChI is InChI=1S/C14H24N2O3S/c1-12(2)8-10-19-11-9-16-13-4-6-14(7-5-13)20(17,18)15-3/h4-7,12,15-16H,8-11H2,1-3H3. The average molecular weight is 300 g/mol. The summed E-state index contributed by atoms with van der Waals surface area (Å²) < 4.78 is 30.9. The van der Waals surface area contributed by atoms with Crippen LogP contribution in [0.5, 0.6) is 0 Å². The van der Waals surface area contributed by atoms with Crippen LogP contribution in [0.3, 0.4) is 0 Å². The first-order chi connectivity index (χ1) is 9.45. The van der Waals surface area contributed by atoms with Gasteiger partial charge in [0.2, 0.25) is 10.0 Å². The third-order valence-electron chi connectivity index (χ3n) is 2.85. The van der Waals surface area contributed by atoms with Gasteiger partial charge >= 0.3 is 0 Å². The molecule has 20 heavy (non-hydrogen) atoms. The largest absolute Gasteiger partial charge is 0.383 e. The van der Waals surface area contributed by atoms with Gasteiger partial charge in [-0.05, 0) is 43.7 Å². The molecule has 0 aliphatic carbocycles. The van der Waals surface area contributed by atoms with E-state index >= 15 is 0 Å². The molecule has 0 fully saturated rings. The third kappa shape index (κ3) is 5.90. The van der Waals surface area contributed by atoms with E-state index in [0.29, 0.717) is 19.1 Å². The monoisotopic (exact) mass is 300 g/mol. The summed E-state index contributed by atoms with van der Waals surface area (Å²) in [5, 5.41) is 3.19. The van der Waals surface area contributed by atoms with Crippen molar-refractivity contribution in [3.63, 3.8) is 0 Å². The molecule has 1 rings (SSSR count). The number of ether oxygens (including phenoxy) is 1. The molecular weight excluding hydrogens is 276 g/mol. The van der Waals surface area contributed by atoms with Gasteiger partial charge in [0.1, 0.15) is 0 Å². The molecule has 0 aliphatic rings. The molecular formula is C14H24N2O3S. The maximum atomic E-state index is 11.5. The highest BCUT2D eigenvalue weighted by atomic mass is 32.2. The molecule has 0 radical (unpaired) electrons. The maximum absolute atomic E-state index is 11.5. The van der Waals surface area contributed by atoms with Crippen molar-refractivity contribution in [2.24, 2.45) is 5.92 Å². The minimum Gasteiger partial charge on any atom is -0.383 e. The highest BCUT2D eigenvalue weighted by Gasteiger charge is 2.09. The Morgan fingerprint density at radius 2 is 1.80 bits per heavy atom. The van der Waals surface area contributed by atoms with E-state index in [-0.39, 0.29) is 4.90 Å². The Hall–Kier alpha value is -1.11. The Kier molecular flexibility index (Phi) is 6.98. The number of nitrogens with one attached hydrogen (secondary N) is 2. The number of anilines is 1. The molecule has 0 spiro atoms. The van der Waals surface area contributed by atoms with E-state index in [1.807, 2.05) is 0 Å². The van der Waals surface area contributed by atoms with Crippen molar-refractivity contribution in [2.45, 2.75) is 25.2 Å². The van der Waals surface area contributed by atoms with Gasteiger partial charge in [0, 0.05) is 18.8 Å². The van der Waals surface area contributed by atoms with Crippen LogP contribution in [-0.4, -0.2) is 35.2 Å². The van der Waals surface area contributed by atoms with Gasteiger partial charge in [-0.1, -0.05) is 13.8 Å². The lowest BCUT2D eigenvalue weighted by molar-refractivity contribution is 0.132. The van der Waals surface area contributed by atoms with Crippen LogP contribution in [0.1, 0.15) is 20.3 Å². The van der Waals surface area contributed by atoms with E-state index < -0.39 is 10.0 Å². The molecule has 0 unspecified atom stereocenters. The molecule has 2 N–H and O–H groups in total. The molecule has 1 aromatic carbocycles. The Labute approximate surface area is 121 Å². The summed E-state index contributed by atoms with van der Waals surface area (Å²) in [5.74, 6) is 0.657. The molecule has 6 heteroatoms. The Bertz CT molecular complexity index is 484. The Morgan fingerprint density at radius 1 is 1.15 bits per heavy atom. The van der Waals surface area contributed by atoms with Gasteiger partial charge in [-0.2, -0.15) is 0 Å². The van der Waals surface area contributed by atoms with Crippen LogP contribution in [0.25, 0.3) is 0 Å². The average Bonchev–Trinajstić information content (AvgIpc) is 2.43. The van der Waals surface area contributed by atoms with Crippen molar-refractivity contribution < 1.29 is 13.2 Å². The second-order valence-corrected chi connectivity index (χ2v) is 6.84. The third-order valence-corrected chi connectivity index (χ3v) is 4.28. The Morgan fingerprint density at radius 3 is 2.35 bits per heavy atom. The fraction of sp³-hybridized carbons (Fsp3) is 0.571. The van der Waals surface area contributed by atoms with Crippen LogP contribution < -0.4 is 10.0 Å². The van der Waals surface area contributed by atoms with E-state index in [1.54, 1.807) is 24.3 Å². The van der Waals surface area contributed by atoms with Crippen LogP contribution in [0.4, 0.5) is 5.69 Å². The number of rotatable bonds is 9. The fourth-order valence-electron chi connectivity index (χ4n) is 1.56. The minimum atomic E-state index is -3.36. The van der Waals surface area contributed by atoms with E-state index in [1.165, 1.54) is 7.05 Å². The molecule has 0 saturated heterocycles. The van der Waals surface area contributed by atoms with Crippen LogP contribution in [-0.2, 0) is 14.8 Å². The topological polar surface area (TPSA) is 67.4 Å². The summed E-state index contributed by atoms with van der Waals surface area (Å²) in [6, 6.07) is 6.65. The second-order valence-electron chi connectivity index (χ2n) is 4.95. The van der Waals surface area contributed by atoms with Gasteiger partial charge in [-0.15, -0.1) is 0 Å². The number of sulfonamides is 1. The number of hydrogen-bond donors (Lipinski definition) is 2. The summed E-state index contributed by atoms with van der Waals surface area (Å²) >= 11 is 0. The molecule has 1 aromatic rings. The first kappa shape index (κ1) is 16.9. The van der Waals surface area contributed by atoms with Crippen molar-refractivity contribution in [3.05, 3.63) is 24.3 Å². The predicted molar refractivity (Wildman–Crippen MR) is 81.5 cm³/mol. The van der Waals surface area contributed by atoms with Crippen LogP contribution in [0.2, 0.25) is 0 Å². The number of benzene rings is 1. The molecule has 0 bridgehead atoms.